The number of fused-ring (bicyclic) bond motifs is 1. The van der Waals surface area contributed by atoms with Crippen molar-refractivity contribution in [1.82, 2.24) is 4.90 Å². The molecule has 1 amide bonds. The first-order valence-corrected chi connectivity index (χ1v) is 6.26. The second-order valence-corrected chi connectivity index (χ2v) is 4.85. The number of anilines is 1. The molecule has 1 fully saturated rings. The minimum absolute atomic E-state index is 0.173. The molecular weight excluding hydrogens is 264 g/mol. The number of aliphatic carboxylic acids is 1. The van der Waals surface area contributed by atoms with E-state index >= 15 is 0 Å². The molecule has 0 radical (unpaired) electrons. The lowest BCUT2D eigenvalue weighted by Crippen LogP contribution is -2.52. The second kappa shape index (κ2) is 5.01. The quantitative estimate of drug-likeness (QED) is 0.827. The van der Waals surface area contributed by atoms with Crippen LogP contribution in [0.1, 0.15) is 0 Å². The predicted octanol–water partition coefficient (Wildman–Crippen LogP) is 0.370. The van der Waals surface area contributed by atoms with Gasteiger partial charge in [-0.05, 0) is 12.1 Å². The maximum Gasteiger partial charge on any atom is 0.309 e. The largest absolute Gasteiger partial charge is 0.481 e. The molecule has 0 unspecified atom stereocenters. The minimum atomic E-state index is -0.808. The third kappa shape index (κ3) is 2.53. The number of hydrogen-bond donors (Lipinski definition) is 2. The molecule has 1 aromatic rings. The number of nitrogens with one attached hydrogen (secondary N) is 1. The third-order valence-electron chi connectivity index (χ3n) is 3.33. The van der Waals surface area contributed by atoms with Gasteiger partial charge in [-0.25, -0.2) is 0 Å². The van der Waals surface area contributed by atoms with E-state index in [1.807, 2.05) is 0 Å². The topological polar surface area (TPSA) is 88.1 Å². The van der Waals surface area contributed by atoms with Crippen LogP contribution in [0.5, 0.6) is 11.5 Å². The van der Waals surface area contributed by atoms with Gasteiger partial charge in [0.15, 0.2) is 11.5 Å². The zero-order valence-electron chi connectivity index (χ0n) is 10.7. The van der Waals surface area contributed by atoms with Crippen molar-refractivity contribution < 1.29 is 24.2 Å². The molecule has 7 nitrogen and oxygen atoms in total. The zero-order valence-corrected chi connectivity index (χ0v) is 10.7. The summed E-state index contributed by atoms with van der Waals surface area (Å²) in [6.07, 6.45) is 0. The van der Waals surface area contributed by atoms with Gasteiger partial charge in [-0.15, -0.1) is 0 Å². The lowest BCUT2D eigenvalue weighted by molar-refractivity contribution is -0.148. The van der Waals surface area contributed by atoms with E-state index in [1.165, 1.54) is 0 Å². The molecular formula is C13H14N2O5. The van der Waals surface area contributed by atoms with Crippen molar-refractivity contribution in [2.75, 3.05) is 31.7 Å². The molecule has 7 heteroatoms. The SMILES string of the molecule is O=C(CN1CC(C(=O)O)C1)Nc1ccc2c(c1)OCO2. The van der Waals surface area contributed by atoms with Gasteiger partial charge >= 0.3 is 5.97 Å². The molecule has 2 aliphatic heterocycles. The summed E-state index contributed by atoms with van der Waals surface area (Å²) >= 11 is 0. The number of carboxylic acids is 1. The van der Waals surface area contributed by atoms with Crippen molar-refractivity contribution in [3.05, 3.63) is 18.2 Å². The van der Waals surface area contributed by atoms with E-state index in [1.54, 1.807) is 23.1 Å². The van der Waals surface area contributed by atoms with Gasteiger partial charge < -0.3 is 19.9 Å². The molecule has 1 aromatic carbocycles. The van der Waals surface area contributed by atoms with Crippen molar-refractivity contribution in [3.8, 4) is 11.5 Å². The molecule has 0 atom stereocenters. The number of nitrogens with zero attached hydrogens (tertiary/aromatic N) is 1. The lowest BCUT2D eigenvalue weighted by Gasteiger charge is -2.35. The van der Waals surface area contributed by atoms with E-state index in [4.69, 9.17) is 14.6 Å². The molecule has 20 heavy (non-hydrogen) atoms. The molecule has 3 rings (SSSR count). The Morgan fingerprint density at radius 2 is 2.05 bits per heavy atom. The number of amides is 1. The number of hydrogen-bond acceptors (Lipinski definition) is 5. The normalized spacial score (nSPS) is 17.6. The average Bonchev–Trinajstić information content (AvgIpc) is 2.80. The highest BCUT2D eigenvalue weighted by Gasteiger charge is 2.33. The van der Waals surface area contributed by atoms with Gasteiger partial charge in [0.25, 0.3) is 0 Å². The van der Waals surface area contributed by atoms with Gasteiger partial charge in [0, 0.05) is 24.8 Å². The summed E-state index contributed by atoms with van der Waals surface area (Å²) in [4.78, 5) is 24.3. The van der Waals surface area contributed by atoms with Crippen molar-refractivity contribution in [1.29, 1.82) is 0 Å². The Kier molecular flexibility index (Phi) is 3.19. The number of benzene rings is 1. The third-order valence-corrected chi connectivity index (χ3v) is 3.33. The number of carboxylic acid groups (broad SMARTS) is 1. The molecule has 106 valence electrons. The highest BCUT2D eigenvalue weighted by molar-refractivity contribution is 5.92. The maximum absolute atomic E-state index is 11.8. The van der Waals surface area contributed by atoms with E-state index in [9.17, 15) is 9.59 Å². The first kappa shape index (κ1) is 12.7. The predicted molar refractivity (Wildman–Crippen MR) is 68.8 cm³/mol. The van der Waals surface area contributed by atoms with E-state index < -0.39 is 5.97 Å². The summed E-state index contributed by atoms with van der Waals surface area (Å²) in [6, 6.07) is 5.18. The lowest BCUT2D eigenvalue weighted by atomic mass is 10.0. The van der Waals surface area contributed by atoms with E-state index in [0.717, 1.165) is 0 Å². The van der Waals surface area contributed by atoms with Crippen LogP contribution in [0, 0.1) is 5.92 Å². The monoisotopic (exact) mass is 278 g/mol. The van der Waals surface area contributed by atoms with E-state index in [0.29, 0.717) is 30.3 Å². The van der Waals surface area contributed by atoms with Crippen molar-refractivity contribution in [2.24, 2.45) is 5.92 Å². The van der Waals surface area contributed by atoms with Gasteiger partial charge in [0.2, 0.25) is 12.7 Å². The van der Waals surface area contributed by atoms with Crippen molar-refractivity contribution in [2.45, 2.75) is 0 Å². The maximum atomic E-state index is 11.8. The summed E-state index contributed by atoms with van der Waals surface area (Å²) in [7, 11) is 0. The fourth-order valence-corrected chi connectivity index (χ4v) is 2.23. The highest BCUT2D eigenvalue weighted by Crippen LogP contribution is 2.34. The van der Waals surface area contributed by atoms with Gasteiger partial charge in [-0.3, -0.25) is 14.5 Å². The van der Waals surface area contributed by atoms with Gasteiger partial charge in [-0.1, -0.05) is 0 Å². The van der Waals surface area contributed by atoms with Crippen molar-refractivity contribution >= 4 is 17.6 Å². The molecule has 2 aliphatic rings. The molecule has 2 N–H and O–H groups in total. The van der Waals surface area contributed by atoms with Gasteiger partial charge in [0.05, 0.1) is 12.5 Å². The van der Waals surface area contributed by atoms with Gasteiger partial charge in [-0.2, -0.15) is 0 Å². The number of ether oxygens (including phenoxy) is 2. The van der Waals surface area contributed by atoms with Crippen LogP contribution in [0.2, 0.25) is 0 Å². The molecule has 0 aromatic heterocycles. The molecule has 0 aliphatic carbocycles. The summed E-state index contributed by atoms with van der Waals surface area (Å²) in [5, 5.41) is 11.5. The Labute approximate surface area is 115 Å². The van der Waals surface area contributed by atoms with E-state index in [2.05, 4.69) is 5.32 Å². The molecule has 0 spiro atoms. The zero-order chi connectivity index (χ0) is 14.1. The van der Waals surface area contributed by atoms with Crippen LogP contribution in [0.15, 0.2) is 18.2 Å². The Bertz CT molecular complexity index is 554. The fourth-order valence-electron chi connectivity index (χ4n) is 2.23. The number of likely N-dealkylation sites (tertiary alicyclic amines) is 1. The van der Waals surface area contributed by atoms with Crippen LogP contribution in [0.3, 0.4) is 0 Å². The molecule has 0 bridgehead atoms. The Morgan fingerprint density at radius 1 is 1.30 bits per heavy atom. The smallest absolute Gasteiger partial charge is 0.309 e. The fraction of sp³-hybridized carbons (Fsp3) is 0.385. The first-order chi connectivity index (χ1) is 9.61. The molecule has 2 heterocycles. The second-order valence-electron chi connectivity index (χ2n) is 4.85. The Balaban J connectivity index is 1.51. The van der Waals surface area contributed by atoms with Crippen molar-refractivity contribution in [3.63, 3.8) is 0 Å². The number of rotatable bonds is 4. The minimum Gasteiger partial charge on any atom is -0.481 e. The summed E-state index contributed by atoms with van der Waals surface area (Å²) in [5.41, 5.74) is 0.634. The standard InChI is InChI=1S/C13H14N2O5/c16-12(6-15-4-8(5-15)13(17)18)14-9-1-2-10-11(3-9)20-7-19-10/h1-3,8H,4-7H2,(H,14,16)(H,17,18). The molecule has 1 saturated heterocycles. The van der Waals surface area contributed by atoms with Crippen LogP contribution < -0.4 is 14.8 Å². The number of carbonyl (C=O) groups is 2. The summed E-state index contributed by atoms with van der Waals surface area (Å²) in [5.74, 6) is -0.0637. The molecule has 0 saturated carbocycles. The van der Waals surface area contributed by atoms with Crippen LogP contribution in [0.25, 0.3) is 0 Å². The van der Waals surface area contributed by atoms with E-state index in [-0.39, 0.29) is 25.2 Å². The van der Waals surface area contributed by atoms with Crippen LogP contribution in [-0.2, 0) is 9.59 Å². The van der Waals surface area contributed by atoms with Gasteiger partial charge in [0.1, 0.15) is 0 Å². The Morgan fingerprint density at radius 3 is 2.80 bits per heavy atom. The first-order valence-electron chi connectivity index (χ1n) is 6.26. The van der Waals surface area contributed by atoms with Crippen LogP contribution in [-0.4, -0.2) is 48.3 Å². The van der Waals surface area contributed by atoms with Crippen LogP contribution in [0.4, 0.5) is 5.69 Å². The van der Waals surface area contributed by atoms with Crippen LogP contribution >= 0.6 is 0 Å². The summed E-state index contributed by atoms with van der Waals surface area (Å²) in [6.45, 7) is 1.23. The highest BCUT2D eigenvalue weighted by atomic mass is 16.7. The average molecular weight is 278 g/mol. The summed E-state index contributed by atoms with van der Waals surface area (Å²) < 4.78 is 10.4. The Hall–Kier alpha value is -2.28. The number of carbonyl (C=O) groups excluding carboxylic acids is 1.